The SMILES string of the molecule is COc1ncccc1NC(=O)c1nc([C@H]2CCCN2Cc2ccccn2)n2ccccc12. The standard InChI is InChI=1S/C24H24N6O2/c1-32-24-18(9-6-13-26-24)27-23(31)21-19-10-3-5-15-30(19)22(28-21)20-11-7-14-29(20)16-17-8-2-4-12-25-17/h2-6,8-10,12-13,15,20H,7,11,14,16H2,1H3,(H,27,31)/t20-/m1/s1. The predicted molar refractivity (Wildman–Crippen MR) is 121 cm³/mol. The summed E-state index contributed by atoms with van der Waals surface area (Å²) >= 11 is 0. The summed E-state index contributed by atoms with van der Waals surface area (Å²) in [5.41, 5.74) is 2.70. The van der Waals surface area contributed by atoms with E-state index in [-0.39, 0.29) is 11.9 Å². The summed E-state index contributed by atoms with van der Waals surface area (Å²) in [5, 5.41) is 2.90. The molecule has 1 aliphatic rings. The van der Waals surface area contributed by atoms with Gasteiger partial charge in [0.2, 0.25) is 5.88 Å². The van der Waals surface area contributed by atoms with Crippen LogP contribution in [0.5, 0.6) is 5.88 Å². The molecule has 5 rings (SSSR count). The van der Waals surface area contributed by atoms with E-state index < -0.39 is 0 Å². The van der Waals surface area contributed by atoms with Gasteiger partial charge >= 0.3 is 0 Å². The first-order valence-electron chi connectivity index (χ1n) is 10.7. The maximum absolute atomic E-state index is 13.2. The Bertz CT molecular complexity index is 1240. The number of hydrogen-bond donors (Lipinski definition) is 1. The zero-order valence-corrected chi connectivity index (χ0v) is 17.8. The van der Waals surface area contributed by atoms with E-state index in [1.807, 2.05) is 53.2 Å². The number of methoxy groups -OCH3 is 1. The minimum atomic E-state index is -0.291. The van der Waals surface area contributed by atoms with Gasteiger partial charge in [-0.1, -0.05) is 12.1 Å². The van der Waals surface area contributed by atoms with Gasteiger partial charge in [-0.2, -0.15) is 0 Å². The van der Waals surface area contributed by atoms with Crippen molar-refractivity contribution in [2.75, 3.05) is 19.0 Å². The van der Waals surface area contributed by atoms with Gasteiger partial charge in [0, 0.05) is 25.1 Å². The number of anilines is 1. The van der Waals surface area contributed by atoms with Crippen LogP contribution in [0.2, 0.25) is 0 Å². The van der Waals surface area contributed by atoms with E-state index in [1.54, 1.807) is 18.3 Å². The molecule has 0 radical (unpaired) electrons. The molecule has 0 spiro atoms. The van der Waals surface area contributed by atoms with Crippen molar-refractivity contribution in [2.45, 2.75) is 25.4 Å². The van der Waals surface area contributed by atoms with E-state index in [2.05, 4.69) is 20.2 Å². The molecule has 0 unspecified atom stereocenters. The largest absolute Gasteiger partial charge is 0.480 e. The second kappa shape index (κ2) is 8.76. The van der Waals surface area contributed by atoms with Gasteiger partial charge in [0.25, 0.3) is 5.91 Å². The average molecular weight is 428 g/mol. The number of fused-ring (bicyclic) bond motifs is 1. The van der Waals surface area contributed by atoms with Gasteiger partial charge < -0.3 is 14.5 Å². The number of aromatic nitrogens is 4. The quantitative estimate of drug-likeness (QED) is 0.504. The average Bonchev–Trinajstić information content (AvgIpc) is 3.44. The monoisotopic (exact) mass is 428 g/mol. The van der Waals surface area contributed by atoms with Gasteiger partial charge in [0.05, 0.1) is 24.4 Å². The van der Waals surface area contributed by atoms with Gasteiger partial charge in [-0.25, -0.2) is 9.97 Å². The Morgan fingerprint density at radius 1 is 1.12 bits per heavy atom. The first-order chi connectivity index (χ1) is 15.7. The minimum absolute atomic E-state index is 0.112. The molecule has 1 atom stereocenters. The van der Waals surface area contributed by atoms with E-state index in [0.29, 0.717) is 17.3 Å². The normalized spacial score (nSPS) is 16.3. The number of ether oxygens (including phenoxy) is 1. The van der Waals surface area contributed by atoms with E-state index in [9.17, 15) is 4.79 Å². The Morgan fingerprint density at radius 3 is 2.84 bits per heavy atom. The van der Waals surface area contributed by atoms with Crippen molar-refractivity contribution in [2.24, 2.45) is 0 Å². The summed E-state index contributed by atoms with van der Waals surface area (Å²) in [6.07, 6.45) is 7.47. The van der Waals surface area contributed by atoms with Crippen molar-refractivity contribution in [1.82, 2.24) is 24.3 Å². The second-order valence-electron chi connectivity index (χ2n) is 7.74. The number of nitrogens with zero attached hydrogens (tertiary/aromatic N) is 5. The van der Waals surface area contributed by atoms with E-state index in [4.69, 9.17) is 9.72 Å². The molecule has 8 nitrogen and oxygen atoms in total. The Morgan fingerprint density at radius 2 is 2.00 bits per heavy atom. The molecular formula is C24H24N6O2. The van der Waals surface area contributed by atoms with Crippen LogP contribution in [-0.2, 0) is 6.54 Å². The molecule has 1 N–H and O–H groups in total. The van der Waals surface area contributed by atoms with Crippen LogP contribution < -0.4 is 10.1 Å². The third kappa shape index (κ3) is 3.80. The molecule has 0 bridgehead atoms. The number of carbonyl (C=O) groups excluding carboxylic acids is 1. The molecule has 1 amide bonds. The lowest BCUT2D eigenvalue weighted by Gasteiger charge is -2.23. The Hall–Kier alpha value is -3.78. The molecule has 162 valence electrons. The summed E-state index contributed by atoms with van der Waals surface area (Å²) in [6, 6.07) is 15.4. The summed E-state index contributed by atoms with van der Waals surface area (Å²) in [4.78, 5) is 29.1. The van der Waals surface area contributed by atoms with E-state index >= 15 is 0 Å². The van der Waals surface area contributed by atoms with Gasteiger partial charge in [-0.3, -0.25) is 14.7 Å². The maximum atomic E-state index is 13.2. The minimum Gasteiger partial charge on any atom is -0.480 e. The van der Waals surface area contributed by atoms with Crippen LogP contribution in [0, 0.1) is 0 Å². The first-order valence-corrected chi connectivity index (χ1v) is 10.7. The number of amides is 1. The molecule has 4 aromatic heterocycles. The van der Waals surface area contributed by atoms with Crippen molar-refractivity contribution in [3.05, 3.63) is 84.3 Å². The van der Waals surface area contributed by atoms with Crippen LogP contribution >= 0.6 is 0 Å². The summed E-state index contributed by atoms with van der Waals surface area (Å²) in [7, 11) is 1.53. The van der Waals surface area contributed by atoms with Crippen LogP contribution in [0.4, 0.5) is 5.69 Å². The molecule has 0 aliphatic carbocycles. The molecule has 0 saturated carbocycles. The molecule has 4 aromatic rings. The van der Waals surface area contributed by atoms with E-state index in [1.165, 1.54) is 7.11 Å². The Labute approximate surface area is 185 Å². The lowest BCUT2D eigenvalue weighted by Crippen LogP contribution is -2.25. The number of nitrogens with one attached hydrogen (secondary N) is 1. The highest BCUT2D eigenvalue weighted by atomic mass is 16.5. The fourth-order valence-corrected chi connectivity index (χ4v) is 4.30. The van der Waals surface area contributed by atoms with Gasteiger partial charge in [-0.05, 0) is 55.8 Å². The lowest BCUT2D eigenvalue weighted by atomic mass is 10.2. The topological polar surface area (TPSA) is 84.6 Å². The van der Waals surface area contributed by atoms with Crippen molar-refractivity contribution < 1.29 is 9.53 Å². The molecule has 32 heavy (non-hydrogen) atoms. The second-order valence-corrected chi connectivity index (χ2v) is 7.74. The molecule has 1 fully saturated rings. The zero-order valence-electron chi connectivity index (χ0n) is 17.8. The highest BCUT2D eigenvalue weighted by molar-refractivity contribution is 6.08. The summed E-state index contributed by atoms with van der Waals surface area (Å²) < 4.78 is 7.29. The number of carbonyl (C=O) groups is 1. The zero-order chi connectivity index (χ0) is 21.9. The highest BCUT2D eigenvalue weighted by Gasteiger charge is 2.31. The van der Waals surface area contributed by atoms with Crippen LogP contribution in [0.25, 0.3) is 5.52 Å². The number of pyridine rings is 3. The van der Waals surface area contributed by atoms with Crippen LogP contribution in [0.1, 0.15) is 40.9 Å². The summed E-state index contributed by atoms with van der Waals surface area (Å²) in [6.45, 7) is 1.72. The van der Waals surface area contributed by atoms with Crippen molar-refractivity contribution in [3.8, 4) is 5.88 Å². The van der Waals surface area contributed by atoms with Crippen LogP contribution in [-0.4, -0.2) is 43.8 Å². The molecule has 1 aliphatic heterocycles. The molecule has 0 aromatic carbocycles. The van der Waals surface area contributed by atoms with Gasteiger partial charge in [-0.15, -0.1) is 0 Å². The smallest absolute Gasteiger partial charge is 0.276 e. The lowest BCUT2D eigenvalue weighted by molar-refractivity contribution is 0.102. The van der Waals surface area contributed by atoms with Crippen molar-refractivity contribution >= 4 is 17.1 Å². The third-order valence-corrected chi connectivity index (χ3v) is 5.76. The summed E-state index contributed by atoms with van der Waals surface area (Å²) in [5.74, 6) is 0.944. The van der Waals surface area contributed by atoms with Crippen molar-refractivity contribution in [3.63, 3.8) is 0 Å². The van der Waals surface area contributed by atoms with Crippen molar-refractivity contribution in [1.29, 1.82) is 0 Å². The Kier molecular flexibility index (Phi) is 5.51. The van der Waals surface area contributed by atoms with E-state index in [0.717, 1.165) is 43.0 Å². The highest BCUT2D eigenvalue weighted by Crippen LogP contribution is 2.34. The maximum Gasteiger partial charge on any atom is 0.276 e. The fraction of sp³-hybridized carbons (Fsp3) is 0.250. The third-order valence-electron chi connectivity index (χ3n) is 5.76. The molecule has 5 heterocycles. The van der Waals surface area contributed by atoms with Gasteiger partial charge in [0.1, 0.15) is 11.5 Å². The number of hydrogen-bond acceptors (Lipinski definition) is 6. The number of imidazole rings is 1. The predicted octanol–water partition coefficient (Wildman–Crippen LogP) is 3.72. The first kappa shape index (κ1) is 20.1. The molecule has 8 heteroatoms. The molecule has 1 saturated heterocycles. The van der Waals surface area contributed by atoms with Gasteiger partial charge in [0.15, 0.2) is 5.69 Å². The number of likely N-dealkylation sites (tertiary alicyclic amines) is 1. The van der Waals surface area contributed by atoms with Crippen LogP contribution in [0.3, 0.4) is 0 Å². The fourth-order valence-electron chi connectivity index (χ4n) is 4.30. The Balaban J connectivity index is 1.48. The molecular weight excluding hydrogens is 404 g/mol. The van der Waals surface area contributed by atoms with Crippen LogP contribution in [0.15, 0.2) is 67.1 Å². The number of rotatable bonds is 6.